The fourth-order valence-corrected chi connectivity index (χ4v) is 1.03. The van der Waals surface area contributed by atoms with E-state index in [0.29, 0.717) is 0 Å². The molecule has 0 bridgehead atoms. The Morgan fingerprint density at radius 3 is 2.50 bits per heavy atom. The fraction of sp³-hybridized carbons (Fsp3) is 0.667. The van der Waals surface area contributed by atoms with Crippen LogP contribution in [-0.2, 0) is 0 Å². The second-order valence-electron chi connectivity index (χ2n) is 3.33. The molecule has 0 heterocycles. The average Bonchev–Trinajstić information content (AvgIpc) is 2.09. The summed E-state index contributed by atoms with van der Waals surface area (Å²) in [6, 6.07) is 0. The van der Waals surface area contributed by atoms with Gasteiger partial charge in [-0.15, -0.1) is 0 Å². The molecule has 0 atom stereocenters. The van der Waals surface area contributed by atoms with Gasteiger partial charge >= 0.3 is 0 Å². The summed E-state index contributed by atoms with van der Waals surface area (Å²) in [7, 11) is 0. The molecular formula is C12H22. The third-order valence-electron chi connectivity index (χ3n) is 1.90. The van der Waals surface area contributed by atoms with Crippen molar-refractivity contribution in [3.05, 3.63) is 23.8 Å². The molecule has 0 saturated carbocycles. The van der Waals surface area contributed by atoms with E-state index in [1.165, 1.54) is 37.7 Å². The second-order valence-corrected chi connectivity index (χ2v) is 3.33. The molecule has 0 aliphatic heterocycles. The molecule has 0 amide bonds. The van der Waals surface area contributed by atoms with Crippen molar-refractivity contribution in [3.8, 4) is 0 Å². The molecule has 0 aliphatic rings. The van der Waals surface area contributed by atoms with Crippen LogP contribution in [-0.4, -0.2) is 0 Å². The Hall–Kier alpha value is -0.520. The zero-order valence-corrected chi connectivity index (χ0v) is 8.77. The van der Waals surface area contributed by atoms with Crippen LogP contribution in [0.25, 0.3) is 0 Å². The first-order valence-corrected chi connectivity index (χ1v) is 5.13. The first-order valence-electron chi connectivity index (χ1n) is 5.13. The van der Waals surface area contributed by atoms with E-state index in [1.807, 2.05) is 0 Å². The molecule has 0 heteroatoms. The minimum Gasteiger partial charge on any atom is -0.0845 e. The predicted molar refractivity (Wildman–Crippen MR) is 57.3 cm³/mol. The molecule has 0 rings (SSSR count). The Labute approximate surface area is 77.4 Å². The normalized spacial score (nSPS) is 12.8. The molecular weight excluding hydrogens is 144 g/mol. The number of rotatable bonds is 6. The van der Waals surface area contributed by atoms with Crippen molar-refractivity contribution in [2.45, 2.75) is 52.9 Å². The fourth-order valence-electron chi connectivity index (χ4n) is 1.03. The summed E-state index contributed by atoms with van der Waals surface area (Å²) in [5, 5.41) is 0. The van der Waals surface area contributed by atoms with E-state index < -0.39 is 0 Å². The second kappa shape index (κ2) is 8.58. The maximum atomic E-state index is 2.25. The topological polar surface area (TPSA) is 0 Å². The molecule has 0 spiro atoms. The lowest BCUT2D eigenvalue weighted by atomic mass is 10.1. The van der Waals surface area contributed by atoms with Crippen molar-refractivity contribution < 1.29 is 0 Å². The molecule has 0 radical (unpaired) electrons. The summed E-state index contributed by atoms with van der Waals surface area (Å²) in [6.07, 6.45) is 13.0. The van der Waals surface area contributed by atoms with Crippen LogP contribution in [0.5, 0.6) is 0 Å². The van der Waals surface area contributed by atoms with Crippen LogP contribution in [0, 0.1) is 0 Å². The first-order chi connectivity index (χ1) is 5.81. The van der Waals surface area contributed by atoms with Gasteiger partial charge in [0.1, 0.15) is 0 Å². The highest BCUT2D eigenvalue weighted by Gasteiger charge is 1.85. The molecule has 0 aromatic rings. The van der Waals surface area contributed by atoms with Crippen LogP contribution < -0.4 is 0 Å². The molecule has 0 aliphatic carbocycles. The van der Waals surface area contributed by atoms with Crippen molar-refractivity contribution in [1.29, 1.82) is 0 Å². The summed E-state index contributed by atoms with van der Waals surface area (Å²) >= 11 is 0. The number of hydrogen-bond donors (Lipinski definition) is 0. The summed E-state index contributed by atoms with van der Waals surface area (Å²) in [5.74, 6) is 0. The van der Waals surface area contributed by atoms with Gasteiger partial charge < -0.3 is 0 Å². The summed E-state index contributed by atoms with van der Waals surface area (Å²) in [4.78, 5) is 0. The highest BCUT2D eigenvalue weighted by atomic mass is 13.9. The van der Waals surface area contributed by atoms with E-state index in [0.717, 1.165) is 0 Å². The highest BCUT2D eigenvalue weighted by Crippen LogP contribution is 2.05. The minimum atomic E-state index is 1.21. The minimum absolute atomic E-state index is 1.21. The lowest BCUT2D eigenvalue weighted by molar-refractivity contribution is 0.787. The van der Waals surface area contributed by atoms with Crippen LogP contribution in [0.4, 0.5) is 0 Å². The molecule has 12 heavy (non-hydrogen) atoms. The van der Waals surface area contributed by atoms with Crippen LogP contribution in [0.3, 0.4) is 0 Å². The van der Waals surface area contributed by atoms with E-state index in [9.17, 15) is 0 Å². The van der Waals surface area contributed by atoms with Crippen molar-refractivity contribution in [2.24, 2.45) is 0 Å². The van der Waals surface area contributed by atoms with Crippen molar-refractivity contribution in [2.75, 3.05) is 0 Å². The summed E-state index contributed by atoms with van der Waals surface area (Å²) < 4.78 is 0. The van der Waals surface area contributed by atoms with E-state index in [2.05, 4.69) is 39.0 Å². The number of hydrogen-bond acceptors (Lipinski definition) is 0. The van der Waals surface area contributed by atoms with Gasteiger partial charge in [-0.1, -0.05) is 50.5 Å². The van der Waals surface area contributed by atoms with Gasteiger partial charge in [0, 0.05) is 0 Å². The molecule has 0 nitrogen and oxygen atoms in total. The number of unbranched alkanes of at least 4 members (excludes halogenated alkanes) is 2. The van der Waals surface area contributed by atoms with Gasteiger partial charge in [0.2, 0.25) is 0 Å². The summed E-state index contributed by atoms with van der Waals surface area (Å²) in [6.45, 7) is 6.66. The molecule has 0 unspecified atom stereocenters. The Bertz CT molecular complexity index is 140. The smallest absolute Gasteiger partial charge is 0.0320 e. The lowest BCUT2D eigenvalue weighted by Crippen LogP contribution is -1.75. The van der Waals surface area contributed by atoms with Crippen molar-refractivity contribution >= 4 is 0 Å². The maximum absolute atomic E-state index is 2.25. The van der Waals surface area contributed by atoms with Gasteiger partial charge in [-0.3, -0.25) is 0 Å². The quantitative estimate of drug-likeness (QED) is 0.510. The van der Waals surface area contributed by atoms with Crippen molar-refractivity contribution in [1.82, 2.24) is 0 Å². The number of allylic oxidation sites excluding steroid dienone is 4. The van der Waals surface area contributed by atoms with E-state index in [-0.39, 0.29) is 0 Å². The lowest BCUT2D eigenvalue weighted by Gasteiger charge is -1.95. The molecule has 0 aromatic heterocycles. The van der Waals surface area contributed by atoms with Crippen molar-refractivity contribution in [3.63, 3.8) is 0 Å². The third-order valence-corrected chi connectivity index (χ3v) is 1.90. The molecule has 0 saturated heterocycles. The van der Waals surface area contributed by atoms with Crippen LogP contribution in [0.1, 0.15) is 52.9 Å². The van der Waals surface area contributed by atoms with Crippen LogP contribution >= 0.6 is 0 Å². The van der Waals surface area contributed by atoms with Gasteiger partial charge in [0.25, 0.3) is 0 Å². The zero-order valence-electron chi connectivity index (χ0n) is 8.77. The first kappa shape index (κ1) is 11.5. The Morgan fingerprint density at radius 1 is 1.17 bits per heavy atom. The molecule has 0 N–H and O–H groups in total. The highest BCUT2D eigenvalue weighted by molar-refractivity contribution is 5.10. The monoisotopic (exact) mass is 166 g/mol. The maximum Gasteiger partial charge on any atom is -0.0320 e. The predicted octanol–water partition coefficient (Wildman–Crippen LogP) is 4.48. The SMILES string of the molecule is CCC/C=C/C=C(\C)CCCC. The third kappa shape index (κ3) is 7.59. The Morgan fingerprint density at radius 2 is 1.92 bits per heavy atom. The zero-order chi connectivity index (χ0) is 9.23. The standard InChI is InChI=1S/C12H22/c1-4-6-8-9-11-12(3)10-7-5-2/h8-9,11H,4-7,10H2,1-3H3/b9-8+,12-11+. The van der Waals surface area contributed by atoms with Gasteiger partial charge in [-0.2, -0.15) is 0 Å². The molecule has 0 fully saturated rings. The molecule has 0 aromatic carbocycles. The Kier molecular flexibility index (Phi) is 8.20. The Balaban J connectivity index is 3.53. The van der Waals surface area contributed by atoms with Gasteiger partial charge in [0.05, 0.1) is 0 Å². The van der Waals surface area contributed by atoms with Crippen LogP contribution in [0.15, 0.2) is 23.8 Å². The van der Waals surface area contributed by atoms with E-state index in [4.69, 9.17) is 0 Å². The molecule has 70 valence electrons. The summed E-state index contributed by atoms with van der Waals surface area (Å²) in [5.41, 5.74) is 1.50. The average molecular weight is 166 g/mol. The van der Waals surface area contributed by atoms with Gasteiger partial charge in [0.15, 0.2) is 0 Å². The van der Waals surface area contributed by atoms with Gasteiger partial charge in [-0.05, 0) is 26.2 Å². The van der Waals surface area contributed by atoms with Crippen LogP contribution in [0.2, 0.25) is 0 Å². The van der Waals surface area contributed by atoms with E-state index in [1.54, 1.807) is 0 Å². The van der Waals surface area contributed by atoms with E-state index >= 15 is 0 Å². The van der Waals surface area contributed by atoms with Gasteiger partial charge in [-0.25, -0.2) is 0 Å². The largest absolute Gasteiger partial charge is 0.0845 e.